The summed E-state index contributed by atoms with van der Waals surface area (Å²) in [4.78, 5) is 33.1. The lowest BCUT2D eigenvalue weighted by Gasteiger charge is -2.21. The zero-order chi connectivity index (χ0) is 18.5. The third-order valence-corrected chi connectivity index (χ3v) is 4.01. The molecular weight excluding hydrogens is 328 g/mol. The molecule has 2 heterocycles. The Kier molecular flexibility index (Phi) is 5.22. The molecule has 0 fully saturated rings. The van der Waals surface area contributed by atoms with Gasteiger partial charge in [0.05, 0.1) is 29.1 Å². The number of benzene rings is 1. The lowest BCUT2D eigenvalue weighted by atomic mass is 10.0. The molecule has 0 unspecified atom stereocenters. The van der Waals surface area contributed by atoms with Gasteiger partial charge in [-0.05, 0) is 30.2 Å². The van der Waals surface area contributed by atoms with Crippen molar-refractivity contribution in [2.75, 3.05) is 5.32 Å². The number of rotatable bonds is 4. The summed E-state index contributed by atoms with van der Waals surface area (Å²) in [7, 11) is 0. The molecule has 0 aliphatic carbocycles. The Bertz CT molecular complexity index is 925. The number of hydrogen-bond donors (Lipinski definition) is 2. The Morgan fingerprint density at radius 3 is 2.46 bits per heavy atom. The van der Waals surface area contributed by atoms with Crippen molar-refractivity contribution in [3.05, 3.63) is 66.6 Å². The Morgan fingerprint density at radius 2 is 1.73 bits per heavy atom. The molecule has 0 aliphatic heterocycles. The first-order valence-corrected chi connectivity index (χ1v) is 8.42. The minimum Gasteiger partial charge on any atom is -0.339 e. The molecule has 0 saturated carbocycles. The van der Waals surface area contributed by atoms with Gasteiger partial charge in [-0.1, -0.05) is 38.1 Å². The fraction of sp³-hybridized carbons (Fsp3) is 0.200. The van der Waals surface area contributed by atoms with Crippen LogP contribution in [0.4, 0.5) is 5.69 Å². The van der Waals surface area contributed by atoms with Gasteiger partial charge in [0, 0.05) is 11.6 Å². The highest BCUT2D eigenvalue weighted by molar-refractivity contribution is 6.39. The van der Waals surface area contributed by atoms with Crippen LogP contribution in [0.15, 0.2) is 60.9 Å². The summed E-state index contributed by atoms with van der Waals surface area (Å²) >= 11 is 0. The van der Waals surface area contributed by atoms with Crippen molar-refractivity contribution in [2.45, 2.75) is 19.9 Å². The van der Waals surface area contributed by atoms with Crippen molar-refractivity contribution >= 4 is 28.4 Å². The third-order valence-electron chi connectivity index (χ3n) is 4.01. The first-order valence-electron chi connectivity index (χ1n) is 8.42. The maximum Gasteiger partial charge on any atom is 0.313 e. The smallest absolute Gasteiger partial charge is 0.313 e. The van der Waals surface area contributed by atoms with Gasteiger partial charge in [-0.2, -0.15) is 0 Å². The number of para-hydroxylation sites is 1. The molecule has 3 rings (SSSR count). The van der Waals surface area contributed by atoms with Crippen molar-refractivity contribution < 1.29 is 9.59 Å². The van der Waals surface area contributed by atoms with Crippen LogP contribution in [0, 0.1) is 5.92 Å². The van der Waals surface area contributed by atoms with E-state index in [4.69, 9.17) is 0 Å². The lowest BCUT2D eigenvalue weighted by molar-refractivity contribution is -0.136. The van der Waals surface area contributed by atoms with Gasteiger partial charge in [0.2, 0.25) is 0 Å². The van der Waals surface area contributed by atoms with Crippen molar-refractivity contribution in [3.63, 3.8) is 0 Å². The second-order valence-corrected chi connectivity index (χ2v) is 6.32. The van der Waals surface area contributed by atoms with Gasteiger partial charge in [-0.3, -0.25) is 19.6 Å². The summed E-state index contributed by atoms with van der Waals surface area (Å²) in [6.45, 7) is 3.93. The molecule has 26 heavy (non-hydrogen) atoms. The number of carbonyl (C=O) groups excluding carboxylic acids is 2. The van der Waals surface area contributed by atoms with Gasteiger partial charge < -0.3 is 10.6 Å². The average molecular weight is 348 g/mol. The number of nitrogens with one attached hydrogen (secondary N) is 2. The van der Waals surface area contributed by atoms with Crippen LogP contribution in [0.1, 0.15) is 25.6 Å². The molecule has 0 bridgehead atoms. The highest BCUT2D eigenvalue weighted by Gasteiger charge is 2.23. The molecule has 6 nitrogen and oxygen atoms in total. The van der Waals surface area contributed by atoms with Gasteiger partial charge in [0.25, 0.3) is 0 Å². The van der Waals surface area contributed by atoms with Gasteiger partial charge in [0.15, 0.2) is 0 Å². The van der Waals surface area contributed by atoms with E-state index in [1.54, 1.807) is 12.3 Å². The second-order valence-electron chi connectivity index (χ2n) is 6.32. The molecule has 1 aromatic carbocycles. The summed E-state index contributed by atoms with van der Waals surface area (Å²) in [6, 6.07) is 14.5. The summed E-state index contributed by atoms with van der Waals surface area (Å²) in [5.74, 6) is -1.35. The molecule has 2 N–H and O–H groups in total. The van der Waals surface area contributed by atoms with Crippen LogP contribution in [0.3, 0.4) is 0 Å². The largest absolute Gasteiger partial charge is 0.339 e. The molecule has 1 atom stereocenters. The van der Waals surface area contributed by atoms with Crippen LogP contribution in [-0.2, 0) is 9.59 Å². The van der Waals surface area contributed by atoms with Crippen molar-refractivity contribution in [2.24, 2.45) is 5.92 Å². The van der Waals surface area contributed by atoms with Crippen LogP contribution in [-0.4, -0.2) is 21.8 Å². The van der Waals surface area contributed by atoms with Gasteiger partial charge >= 0.3 is 11.8 Å². The first-order chi connectivity index (χ1) is 12.5. The average Bonchev–Trinajstić information content (AvgIpc) is 2.66. The zero-order valence-electron chi connectivity index (χ0n) is 14.6. The van der Waals surface area contributed by atoms with Gasteiger partial charge in [-0.15, -0.1) is 0 Å². The molecular formula is C20H20N4O2. The predicted molar refractivity (Wildman–Crippen MR) is 100 cm³/mol. The number of pyridine rings is 2. The number of carbonyl (C=O) groups is 2. The Morgan fingerprint density at radius 1 is 0.962 bits per heavy atom. The summed E-state index contributed by atoms with van der Waals surface area (Å²) < 4.78 is 0. The van der Waals surface area contributed by atoms with E-state index >= 15 is 0 Å². The minimum absolute atomic E-state index is 0.0870. The topological polar surface area (TPSA) is 84.0 Å². The molecule has 0 aliphatic rings. The normalized spacial score (nSPS) is 12.0. The van der Waals surface area contributed by atoms with Crippen molar-refractivity contribution in [1.29, 1.82) is 0 Å². The molecule has 0 radical (unpaired) electrons. The Hall–Kier alpha value is -3.28. The first kappa shape index (κ1) is 17.5. The van der Waals surface area contributed by atoms with Crippen molar-refractivity contribution in [3.8, 4) is 0 Å². The van der Waals surface area contributed by atoms with Crippen LogP contribution in [0.25, 0.3) is 10.9 Å². The number of amides is 2. The predicted octanol–water partition coefficient (Wildman–Crippen LogP) is 3.08. The van der Waals surface area contributed by atoms with Crippen LogP contribution < -0.4 is 10.6 Å². The molecule has 0 saturated heterocycles. The monoisotopic (exact) mass is 348 g/mol. The van der Waals surface area contributed by atoms with E-state index in [1.165, 1.54) is 6.20 Å². The molecule has 0 spiro atoms. The van der Waals surface area contributed by atoms with E-state index < -0.39 is 11.8 Å². The van der Waals surface area contributed by atoms with Gasteiger partial charge in [0.1, 0.15) is 0 Å². The standard InChI is InChI=1S/C20H20N4O2/c1-13(2)18(17-9-5-6-10-21-17)24-20(26)19(25)23-15-11-14-7-3-4-8-16(14)22-12-15/h3-13,18H,1-2H3,(H,23,25)(H,24,26)/t18-/m0/s1. The summed E-state index contributed by atoms with van der Waals surface area (Å²) in [6.07, 6.45) is 3.20. The lowest BCUT2D eigenvalue weighted by Crippen LogP contribution is -2.39. The van der Waals surface area contributed by atoms with Crippen LogP contribution >= 0.6 is 0 Å². The maximum atomic E-state index is 12.3. The van der Waals surface area contributed by atoms with Crippen LogP contribution in [0.2, 0.25) is 0 Å². The number of nitrogens with zero attached hydrogens (tertiary/aromatic N) is 2. The number of hydrogen-bond acceptors (Lipinski definition) is 4. The van der Waals surface area contributed by atoms with Gasteiger partial charge in [-0.25, -0.2) is 0 Å². The number of aromatic nitrogens is 2. The van der Waals surface area contributed by atoms with E-state index in [-0.39, 0.29) is 12.0 Å². The van der Waals surface area contributed by atoms with Crippen molar-refractivity contribution in [1.82, 2.24) is 15.3 Å². The van der Waals surface area contributed by atoms with Crippen LogP contribution in [0.5, 0.6) is 0 Å². The zero-order valence-corrected chi connectivity index (χ0v) is 14.6. The summed E-state index contributed by atoms with van der Waals surface area (Å²) in [5.41, 5.74) is 2.02. The van der Waals surface area contributed by atoms with E-state index in [0.717, 1.165) is 16.6 Å². The molecule has 3 aromatic rings. The quantitative estimate of drug-likeness (QED) is 0.710. The Balaban J connectivity index is 1.71. The third kappa shape index (κ3) is 4.03. The molecule has 2 aromatic heterocycles. The Labute approximate surface area is 151 Å². The molecule has 132 valence electrons. The summed E-state index contributed by atoms with van der Waals surface area (Å²) in [5, 5.41) is 6.24. The van der Waals surface area contributed by atoms with E-state index in [9.17, 15) is 9.59 Å². The second kappa shape index (κ2) is 7.74. The van der Waals surface area contributed by atoms with E-state index in [0.29, 0.717) is 5.69 Å². The SMILES string of the molecule is CC(C)[C@H](NC(=O)C(=O)Nc1cnc2ccccc2c1)c1ccccn1. The van der Waals surface area contributed by atoms with E-state index in [2.05, 4.69) is 20.6 Å². The fourth-order valence-corrected chi connectivity index (χ4v) is 2.68. The fourth-order valence-electron chi connectivity index (χ4n) is 2.68. The van der Waals surface area contributed by atoms with E-state index in [1.807, 2.05) is 56.3 Å². The minimum atomic E-state index is -0.733. The highest BCUT2D eigenvalue weighted by atomic mass is 16.2. The molecule has 6 heteroatoms. The number of fused-ring (bicyclic) bond motifs is 1. The highest BCUT2D eigenvalue weighted by Crippen LogP contribution is 2.20. The number of anilines is 1. The molecule has 2 amide bonds. The maximum absolute atomic E-state index is 12.3.